The van der Waals surface area contributed by atoms with Crippen molar-refractivity contribution in [1.82, 2.24) is 15.1 Å². The highest BCUT2D eigenvalue weighted by atomic mass is 127. The molecule has 1 aromatic rings. The van der Waals surface area contributed by atoms with Crippen LogP contribution < -0.4 is 14.8 Å². The lowest BCUT2D eigenvalue weighted by atomic mass is 10.1. The fraction of sp³-hybridized carbons (Fsp3) is 0.667. The van der Waals surface area contributed by atoms with Crippen LogP contribution in [0.1, 0.15) is 32.8 Å². The molecule has 6 nitrogen and oxygen atoms in total. The molecular formula is C21H37IN4O2. The largest absolute Gasteiger partial charge is 0.493 e. The van der Waals surface area contributed by atoms with Gasteiger partial charge in [0.05, 0.1) is 13.7 Å². The van der Waals surface area contributed by atoms with Gasteiger partial charge in [0.15, 0.2) is 17.5 Å². The minimum atomic E-state index is 0. The molecular weight excluding hydrogens is 467 g/mol. The Kier molecular flexibility index (Phi) is 11.6. The minimum absolute atomic E-state index is 0. The summed E-state index contributed by atoms with van der Waals surface area (Å²) in [5.41, 5.74) is 1.15. The van der Waals surface area contributed by atoms with Gasteiger partial charge in [0.25, 0.3) is 0 Å². The lowest BCUT2D eigenvalue weighted by Crippen LogP contribution is -2.40. The number of methoxy groups -OCH3 is 1. The van der Waals surface area contributed by atoms with Gasteiger partial charge in [-0.2, -0.15) is 0 Å². The normalized spacial score (nSPS) is 16.9. The van der Waals surface area contributed by atoms with Crippen molar-refractivity contribution in [2.24, 2.45) is 10.9 Å². The van der Waals surface area contributed by atoms with Crippen molar-refractivity contribution in [3.8, 4) is 11.5 Å². The highest BCUT2D eigenvalue weighted by Crippen LogP contribution is 2.28. The van der Waals surface area contributed by atoms with Gasteiger partial charge in [-0.1, -0.05) is 19.9 Å². The van der Waals surface area contributed by atoms with Crippen LogP contribution in [0.3, 0.4) is 0 Å². The number of benzene rings is 1. The van der Waals surface area contributed by atoms with Crippen molar-refractivity contribution < 1.29 is 9.47 Å². The number of ether oxygens (including phenoxy) is 2. The fourth-order valence-corrected chi connectivity index (χ4v) is 3.63. The number of rotatable bonds is 9. The molecule has 1 fully saturated rings. The monoisotopic (exact) mass is 504 g/mol. The van der Waals surface area contributed by atoms with Crippen molar-refractivity contribution in [2.45, 2.75) is 33.7 Å². The molecule has 28 heavy (non-hydrogen) atoms. The lowest BCUT2D eigenvalue weighted by Gasteiger charge is -2.24. The Morgan fingerprint density at radius 3 is 2.61 bits per heavy atom. The molecule has 0 bridgehead atoms. The first-order valence-electron chi connectivity index (χ1n) is 10.1. The minimum Gasteiger partial charge on any atom is -0.493 e. The van der Waals surface area contributed by atoms with Crippen LogP contribution in [0.4, 0.5) is 0 Å². The highest BCUT2D eigenvalue weighted by Gasteiger charge is 2.25. The predicted octanol–water partition coefficient (Wildman–Crippen LogP) is 3.45. The quantitative estimate of drug-likeness (QED) is 0.317. The van der Waals surface area contributed by atoms with Gasteiger partial charge >= 0.3 is 0 Å². The lowest BCUT2D eigenvalue weighted by molar-refractivity contribution is 0.255. The molecule has 0 saturated carbocycles. The summed E-state index contributed by atoms with van der Waals surface area (Å²) in [7, 11) is 3.53. The van der Waals surface area contributed by atoms with E-state index >= 15 is 0 Å². The third kappa shape index (κ3) is 6.99. The van der Waals surface area contributed by atoms with Gasteiger partial charge in [0.2, 0.25) is 0 Å². The molecule has 1 heterocycles. The summed E-state index contributed by atoms with van der Waals surface area (Å²) < 4.78 is 11.0. The predicted molar refractivity (Wildman–Crippen MR) is 127 cm³/mol. The zero-order valence-electron chi connectivity index (χ0n) is 18.0. The van der Waals surface area contributed by atoms with Crippen molar-refractivity contribution in [3.05, 3.63) is 23.8 Å². The van der Waals surface area contributed by atoms with Crippen LogP contribution in [0.5, 0.6) is 11.5 Å². The first-order valence-corrected chi connectivity index (χ1v) is 10.1. The molecule has 7 heteroatoms. The summed E-state index contributed by atoms with van der Waals surface area (Å²) in [5.74, 6) is 3.25. The van der Waals surface area contributed by atoms with Gasteiger partial charge in [-0.15, -0.1) is 24.0 Å². The van der Waals surface area contributed by atoms with Crippen LogP contribution >= 0.6 is 24.0 Å². The topological polar surface area (TPSA) is 49.3 Å². The first kappa shape index (κ1) is 24.8. The zero-order valence-corrected chi connectivity index (χ0v) is 20.4. The molecule has 160 valence electrons. The molecule has 0 aliphatic carbocycles. The van der Waals surface area contributed by atoms with Crippen LogP contribution in [-0.4, -0.2) is 69.2 Å². The van der Waals surface area contributed by atoms with Crippen molar-refractivity contribution in [3.63, 3.8) is 0 Å². The molecule has 0 amide bonds. The second-order valence-electron chi connectivity index (χ2n) is 6.91. The molecule has 1 aliphatic rings. The Bertz CT molecular complexity index is 608. The van der Waals surface area contributed by atoms with Crippen molar-refractivity contribution in [2.75, 3.05) is 53.5 Å². The second-order valence-corrected chi connectivity index (χ2v) is 6.91. The molecule has 1 N–H and O–H groups in total. The number of hydrogen-bond donors (Lipinski definition) is 1. The molecule has 1 aromatic carbocycles. The third-order valence-electron chi connectivity index (χ3n) is 5.19. The van der Waals surface area contributed by atoms with E-state index in [1.165, 1.54) is 13.0 Å². The molecule has 0 spiro atoms. The van der Waals surface area contributed by atoms with Gasteiger partial charge in [0.1, 0.15) is 0 Å². The molecule has 1 saturated heterocycles. The van der Waals surface area contributed by atoms with Gasteiger partial charge in [-0.25, -0.2) is 0 Å². The van der Waals surface area contributed by atoms with Crippen LogP contribution in [0, 0.1) is 5.92 Å². The molecule has 2 rings (SSSR count). The first-order chi connectivity index (χ1) is 13.1. The molecule has 1 aliphatic heterocycles. The van der Waals surface area contributed by atoms with Gasteiger partial charge in [-0.3, -0.25) is 4.99 Å². The van der Waals surface area contributed by atoms with Gasteiger partial charge in [0, 0.05) is 33.2 Å². The van der Waals surface area contributed by atoms with E-state index < -0.39 is 0 Å². The number of nitrogens with one attached hydrogen (secondary N) is 1. The number of halogens is 1. The van der Waals surface area contributed by atoms with E-state index in [0.717, 1.165) is 49.2 Å². The number of hydrogen-bond acceptors (Lipinski definition) is 4. The average molecular weight is 504 g/mol. The van der Waals surface area contributed by atoms with E-state index in [1.807, 2.05) is 26.1 Å². The smallest absolute Gasteiger partial charge is 0.193 e. The summed E-state index contributed by atoms with van der Waals surface area (Å²) >= 11 is 0. The number of guanidine groups is 1. The van der Waals surface area contributed by atoms with Crippen LogP contribution in [0.25, 0.3) is 0 Å². The standard InChI is InChI=1S/C21H36N4O2.HI/c1-6-24(7-2)15-18-11-12-25(16-18)21(22-4)23-14-17-9-10-19(26-5)20(13-17)27-8-3;/h9-10,13,18H,6-8,11-12,14-16H2,1-5H3,(H,22,23);1H. The number of aliphatic imine (C=N–C) groups is 1. The second kappa shape index (κ2) is 13.1. The summed E-state index contributed by atoms with van der Waals surface area (Å²) in [6.07, 6.45) is 1.23. The van der Waals surface area contributed by atoms with Crippen LogP contribution in [0.2, 0.25) is 0 Å². The Hall–Kier alpha value is -1.22. The Balaban J connectivity index is 0.00000392. The van der Waals surface area contributed by atoms with Crippen LogP contribution in [-0.2, 0) is 6.54 Å². The van der Waals surface area contributed by atoms with Gasteiger partial charge in [-0.05, 0) is 50.0 Å². The maximum absolute atomic E-state index is 5.68. The van der Waals surface area contributed by atoms with E-state index in [4.69, 9.17) is 9.47 Å². The van der Waals surface area contributed by atoms with Crippen molar-refractivity contribution >= 4 is 29.9 Å². The van der Waals surface area contributed by atoms with Crippen molar-refractivity contribution in [1.29, 1.82) is 0 Å². The van der Waals surface area contributed by atoms with Gasteiger partial charge < -0.3 is 24.6 Å². The van der Waals surface area contributed by atoms with E-state index in [1.54, 1.807) is 7.11 Å². The molecule has 0 aromatic heterocycles. The average Bonchev–Trinajstić information content (AvgIpc) is 3.15. The van der Waals surface area contributed by atoms with E-state index in [0.29, 0.717) is 19.1 Å². The number of likely N-dealkylation sites (tertiary alicyclic amines) is 1. The number of nitrogens with zero attached hydrogens (tertiary/aromatic N) is 3. The van der Waals surface area contributed by atoms with E-state index in [9.17, 15) is 0 Å². The SMILES string of the molecule is CCOc1cc(CNC(=NC)N2CCC(CN(CC)CC)C2)ccc1OC.I. The maximum atomic E-state index is 5.68. The maximum Gasteiger partial charge on any atom is 0.193 e. The summed E-state index contributed by atoms with van der Waals surface area (Å²) in [4.78, 5) is 9.38. The fourth-order valence-electron chi connectivity index (χ4n) is 3.63. The summed E-state index contributed by atoms with van der Waals surface area (Å²) in [6.45, 7) is 13.4. The summed E-state index contributed by atoms with van der Waals surface area (Å²) in [5, 5.41) is 3.50. The Morgan fingerprint density at radius 1 is 1.25 bits per heavy atom. The van der Waals surface area contributed by atoms with Crippen LogP contribution in [0.15, 0.2) is 23.2 Å². The molecule has 0 radical (unpaired) electrons. The summed E-state index contributed by atoms with van der Waals surface area (Å²) in [6, 6.07) is 6.06. The molecule has 1 unspecified atom stereocenters. The van der Waals surface area contributed by atoms with E-state index in [-0.39, 0.29) is 24.0 Å². The molecule has 1 atom stereocenters. The Labute approximate surface area is 187 Å². The Morgan fingerprint density at radius 2 is 2.00 bits per heavy atom. The highest BCUT2D eigenvalue weighted by molar-refractivity contribution is 14.0. The zero-order chi connectivity index (χ0) is 19.6. The van der Waals surface area contributed by atoms with E-state index in [2.05, 4.69) is 40.0 Å². The third-order valence-corrected chi connectivity index (χ3v) is 5.19.